The molecule has 0 spiro atoms. The van der Waals surface area contributed by atoms with Crippen molar-refractivity contribution in [3.8, 4) is 11.8 Å². The van der Waals surface area contributed by atoms with E-state index in [0.29, 0.717) is 0 Å². The molecular formula is C9H7BrN2O2. The van der Waals surface area contributed by atoms with Crippen LogP contribution in [0, 0.1) is 11.3 Å². The number of alkyl halides is 1. The Hall–Kier alpha value is -1.54. The van der Waals surface area contributed by atoms with Gasteiger partial charge in [0.25, 0.3) is 0 Å². The molecule has 0 heterocycles. The summed E-state index contributed by atoms with van der Waals surface area (Å²) in [5.74, 6) is -0.574. The van der Waals surface area contributed by atoms with Crippen LogP contribution in [-0.4, -0.2) is 16.2 Å². The number of Topliss-reactive ketones (excluding diaryl/α,β-unsaturated/α-hetero) is 1. The number of benzene rings is 1. The molecule has 1 aromatic rings. The number of hydrogen-bond donors (Lipinski definition) is 2. The highest BCUT2D eigenvalue weighted by Gasteiger charge is 2.14. The van der Waals surface area contributed by atoms with E-state index in [4.69, 9.17) is 11.0 Å². The number of ketones is 1. The van der Waals surface area contributed by atoms with Crippen molar-refractivity contribution in [1.29, 1.82) is 5.26 Å². The van der Waals surface area contributed by atoms with E-state index in [-0.39, 0.29) is 33.7 Å². The normalized spacial score (nSPS) is 9.43. The SMILES string of the molecule is N#Cc1cc(N)c(C(=O)CBr)c(O)c1. The highest BCUT2D eigenvalue weighted by Crippen LogP contribution is 2.26. The van der Waals surface area contributed by atoms with Gasteiger partial charge in [-0.1, -0.05) is 15.9 Å². The second-order valence-electron chi connectivity index (χ2n) is 2.63. The summed E-state index contributed by atoms with van der Waals surface area (Å²) in [7, 11) is 0. The first-order valence-corrected chi connectivity index (χ1v) is 4.84. The minimum Gasteiger partial charge on any atom is -0.507 e. The Bertz CT molecular complexity index is 400. The molecule has 0 fully saturated rings. The van der Waals surface area contributed by atoms with Crippen molar-refractivity contribution >= 4 is 27.4 Å². The molecule has 0 aliphatic heterocycles. The fourth-order valence-electron chi connectivity index (χ4n) is 1.08. The fourth-order valence-corrected chi connectivity index (χ4v) is 1.36. The van der Waals surface area contributed by atoms with E-state index >= 15 is 0 Å². The number of carbonyl (C=O) groups is 1. The zero-order valence-electron chi connectivity index (χ0n) is 7.12. The van der Waals surface area contributed by atoms with Gasteiger partial charge in [-0.05, 0) is 12.1 Å². The maximum absolute atomic E-state index is 11.3. The van der Waals surface area contributed by atoms with Crippen LogP contribution in [0.2, 0.25) is 0 Å². The second-order valence-corrected chi connectivity index (χ2v) is 3.19. The Morgan fingerprint density at radius 3 is 2.71 bits per heavy atom. The molecule has 14 heavy (non-hydrogen) atoms. The summed E-state index contributed by atoms with van der Waals surface area (Å²) in [4.78, 5) is 11.3. The van der Waals surface area contributed by atoms with Gasteiger partial charge >= 0.3 is 0 Å². The summed E-state index contributed by atoms with van der Waals surface area (Å²) in [6, 6.07) is 4.40. The number of nitrogens with two attached hydrogens (primary N) is 1. The lowest BCUT2D eigenvalue weighted by Crippen LogP contribution is -2.05. The molecule has 1 rings (SSSR count). The first-order chi connectivity index (χ1) is 6.60. The van der Waals surface area contributed by atoms with Crippen molar-refractivity contribution in [2.24, 2.45) is 0 Å². The second kappa shape index (κ2) is 4.11. The Kier molecular flexibility index (Phi) is 3.10. The first-order valence-electron chi connectivity index (χ1n) is 3.72. The summed E-state index contributed by atoms with van der Waals surface area (Å²) in [5, 5.41) is 18.1. The van der Waals surface area contributed by atoms with Crippen LogP contribution in [-0.2, 0) is 0 Å². The van der Waals surface area contributed by atoms with Crippen LogP contribution in [0.3, 0.4) is 0 Å². The highest BCUT2D eigenvalue weighted by atomic mass is 79.9. The van der Waals surface area contributed by atoms with Crippen molar-refractivity contribution in [3.63, 3.8) is 0 Å². The number of rotatable bonds is 2. The van der Waals surface area contributed by atoms with E-state index in [1.54, 1.807) is 0 Å². The van der Waals surface area contributed by atoms with Gasteiger partial charge in [0, 0.05) is 5.69 Å². The van der Waals surface area contributed by atoms with Crippen LogP contribution < -0.4 is 5.73 Å². The number of hydrogen-bond acceptors (Lipinski definition) is 4. The van der Waals surface area contributed by atoms with Crippen LogP contribution >= 0.6 is 15.9 Å². The van der Waals surface area contributed by atoms with Crippen molar-refractivity contribution in [2.75, 3.05) is 11.1 Å². The van der Waals surface area contributed by atoms with Crippen LogP contribution in [0.4, 0.5) is 5.69 Å². The lowest BCUT2D eigenvalue weighted by atomic mass is 10.1. The number of carbonyl (C=O) groups excluding carboxylic acids is 1. The van der Waals surface area contributed by atoms with E-state index in [1.165, 1.54) is 12.1 Å². The fraction of sp³-hybridized carbons (Fsp3) is 0.111. The minimum atomic E-state index is -0.315. The quantitative estimate of drug-likeness (QED) is 0.475. The number of nitriles is 1. The third-order valence-corrected chi connectivity index (χ3v) is 2.19. The molecule has 0 aliphatic rings. The third-order valence-electron chi connectivity index (χ3n) is 1.68. The molecule has 5 heteroatoms. The number of phenols is 1. The molecule has 0 radical (unpaired) electrons. The maximum Gasteiger partial charge on any atom is 0.179 e. The molecule has 72 valence electrons. The van der Waals surface area contributed by atoms with Gasteiger partial charge in [0.05, 0.1) is 22.5 Å². The van der Waals surface area contributed by atoms with Gasteiger partial charge in [0.15, 0.2) is 5.78 Å². The Morgan fingerprint density at radius 1 is 1.64 bits per heavy atom. The number of phenolic OH excluding ortho intramolecular Hbond substituents is 1. The van der Waals surface area contributed by atoms with Gasteiger partial charge in [-0.25, -0.2) is 0 Å². The van der Waals surface area contributed by atoms with E-state index in [2.05, 4.69) is 15.9 Å². The zero-order valence-corrected chi connectivity index (χ0v) is 8.71. The van der Waals surface area contributed by atoms with Gasteiger partial charge in [-0.3, -0.25) is 4.79 Å². The van der Waals surface area contributed by atoms with E-state index < -0.39 is 0 Å². The van der Waals surface area contributed by atoms with Crippen LogP contribution in [0.5, 0.6) is 5.75 Å². The monoisotopic (exact) mass is 254 g/mol. The van der Waals surface area contributed by atoms with Gasteiger partial charge in [0.2, 0.25) is 0 Å². The molecule has 1 aromatic carbocycles. The molecule has 4 nitrogen and oxygen atoms in total. The van der Waals surface area contributed by atoms with Crippen molar-refractivity contribution in [1.82, 2.24) is 0 Å². The Balaban J connectivity index is 3.34. The summed E-state index contributed by atoms with van der Waals surface area (Å²) >= 11 is 2.97. The Morgan fingerprint density at radius 2 is 2.29 bits per heavy atom. The molecule has 0 saturated carbocycles. The average molecular weight is 255 g/mol. The van der Waals surface area contributed by atoms with Crippen LogP contribution in [0.15, 0.2) is 12.1 Å². The van der Waals surface area contributed by atoms with Gasteiger partial charge in [-0.15, -0.1) is 0 Å². The summed E-state index contributed by atoms with van der Waals surface area (Å²) in [6.45, 7) is 0. The molecule has 0 atom stereocenters. The molecule has 3 N–H and O–H groups in total. The largest absolute Gasteiger partial charge is 0.507 e. The minimum absolute atomic E-state index is 0.0564. The Labute approximate surface area is 89.1 Å². The van der Waals surface area contributed by atoms with Crippen LogP contribution in [0.1, 0.15) is 15.9 Å². The third kappa shape index (κ3) is 1.86. The summed E-state index contributed by atoms with van der Waals surface area (Å²) in [6.07, 6.45) is 0. The zero-order chi connectivity index (χ0) is 10.7. The molecule has 0 unspecified atom stereocenters. The van der Waals surface area contributed by atoms with Crippen molar-refractivity contribution in [2.45, 2.75) is 0 Å². The number of aromatic hydroxyl groups is 1. The van der Waals surface area contributed by atoms with Crippen LogP contribution in [0.25, 0.3) is 0 Å². The lowest BCUT2D eigenvalue weighted by Gasteiger charge is -2.05. The molecule has 0 bridgehead atoms. The highest BCUT2D eigenvalue weighted by molar-refractivity contribution is 9.09. The van der Waals surface area contributed by atoms with Gasteiger partial charge < -0.3 is 10.8 Å². The number of nitrogen functional groups attached to an aromatic ring is 1. The summed E-state index contributed by atoms with van der Waals surface area (Å²) < 4.78 is 0. The number of halogens is 1. The molecular weight excluding hydrogens is 248 g/mol. The number of nitrogens with zero attached hydrogens (tertiary/aromatic N) is 1. The van der Waals surface area contributed by atoms with E-state index in [0.717, 1.165) is 0 Å². The van der Waals surface area contributed by atoms with Crippen molar-refractivity contribution in [3.05, 3.63) is 23.3 Å². The molecule has 0 amide bonds. The predicted molar refractivity (Wildman–Crippen MR) is 55.4 cm³/mol. The first kappa shape index (κ1) is 10.5. The predicted octanol–water partition coefficient (Wildman–Crippen LogP) is 1.42. The van der Waals surface area contributed by atoms with Gasteiger partial charge in [0.1, 0.15) is 5.75 Å². The average Bonchev–Trinajstić information content (AvgIpc) is 2.16. The van der Waals surface area contributed by atoms with E-state index in [1.807, 2.05) is 6.07 Å². The van der Waals surface area contributed by atoms with Gasteiger partial charge in [-0.2, -0.15) is 5.26 Å². The standard InChI is InChI=1S/C9H7BrN2O2/c10-3-8(14)9-6(12)1-5(4-11)2-7(9)13/h1-2,13H,3,12H2. The lowest BCUT2D eigenvalue weighted by molar-refractivity contribution is 0.102. The van der Waals surface area contributed by atoms with E-state index in [9.17, 15) is 9.90 Å². The molecule has 0 aromatic heterocycles. The smallest absolute Gasteiger partial charge is 0.179 e. The topological polar surface area (TPSA) is 87.1 Å². The number of anilines is 1. The molecule has 0 saturated heterocycles. The summed E-state index contributed by atoms with van der Waals surface area (Å²) in [5.41, 5.74) is 5.92. The van der Waals surface area contributed by atoms with Crippen molar-refractivity contribution < 1.29 is 9.90 Å². The maximum atomic E-state index is 11.3. The molecule has 0 aliphatic carbocycles.